The lowest BCUT2D eigenvalue weighted by Gasteiger charge is -2.15. The number of rotatable bonds is 3. The molecular weight excluding hydrogens is 286 g/mol. The van der Waals surface area contributed by atoms with Gasteiger partial charge < -0.3 is 5.32 Å². The van der Waals surface area contributed by atoms with E-state index in [1.807, 2.05) is 29.5 Å². The summed E-state index contributed by atoms with van der Waals surface area (Å²) in [5.74, 6) is 0. The van der Waals surface area contributed by atoms with Gasteiger partial charge in [0.15, 0.2) is 0 Å². The fourth-order valence-electron chi connectivity index (χ4n) is 2.31. The summed E-state index contributed by atoms with van der Waals surface area (Å²) < 4.78 is 1.34. The van der Waals surface area contributed by atoms with Crippen molar-refractivity contribution in [3.8, 4) is 0 Å². The number of fused-ring (bicyclic) bond motifs is 1. The van der Waals surface area contributed by atoms with Gasteiger partial charge in [-0.3, -0.25) is 0 Å². The van der Waals surface area contributed by atoms with Crippen LogP contribution in [0.1, 0.15) is 23.4 Å². The van der Waals surface area contributed by atoms with E-state index in [-0.39, 0.29) is 6.04 Å². The van der Waals surface area contributed by atoms with Crippen LogP contribution >= 0.6 is 22.9 Å². The molecule has 3 heteroatoms. The molecule has 1 aromatic heterocycles. The van der Waals surface area contributed by atoms with Gasteiger partial charge in [-0.2, -0.15) is 0 Å². The van der Waals surface area contributed by atoms with Gasteiger partial charge in [-0.05, 0) is 55.1 Å². The Morgan fingerprint density at radius 2 is 1.90 bits per heavy atom. The molecule has 0 bridgehead atoms. The molecule has 0 aliphatic heterocycles. The fourth-order valence-corrected chi connectivity index (χ4v) is 3.60. The summed E-state index contributed by atoms with van der Waals surface area (Å²) >= 11 is 7.84. The van der Waals surface area contributed by atoms with Gasteiger partial charge in [-0.15, -0.1) is 11.3 Å². The average molecular weight is 302 g/mol. The van der Waals surface area contributed by atoms with E-state index >= 15 is 0 Å². The first-order chi connectivity index (χ1) is 9.63. The molecule has 0 saturated carbocycles. The highest BCUT2D eigenvalue weighted by atomic mass is 35.5. The topological polar surface area (TPSA) is 12.0 Å². The number of hydrogen-bond acceptors (Lipinski definition) is 2. The smallest absolute Gasteiger partial charge is 0.0579 e. The molecule has 2 aromatic carbocycles. The average Bonchev–Trinajstić information content (AvgIpc) is 2.86. The Morgan fingerprint density at radius 3 is 2.65 bits per heavy atom. The maximum absolute atomic E-state index is 6.00. The molecule has 0 radical (unpaired) electrons. The lowest BCUT2D eigenvalue weighted by Crippen LogP contribution is -2.05. The van der Waals surface area contributed by atoms with Crippen molar-refractivity contribution in [3.63, 3.8) is 0 Å². The molecule has 1 unspecified atom stereocenters. The van der Waals surface area contributed by atoms with Crippen LogP contribution in [0, 0.1) is 6.92 Å². The Bertz CT molecular complexity index is 715. The monoisotopic (exact) mass is 301 g/mol. The first kappa shape index (κ1) is 13.5. The number of halogens is 1. The van der Waals surface area contributed by atoms with E-state index in [2.05, 4.69) is 49.5 Å². The maximum Gasteiger partial charge on any atom is 0.0579 e. The second-order valence-electron chi connectivity index (χ2n) is 5.01. The maximum atomic E-state index is 6.00. The molecule has 0 amide bonds. The number of nitrogens with one attached hydrogen (secondary N) is 1. The summed E-state index contributed by atoms with van der Waals surface area (Å²) in [6.45, 7) is 4.27. The molecule has 20 heavy (non-hydrogen) atoms. The van der Waals surface area contributed by atoms with Crippen LogP contribution in [0.15, 0.2) is 48.5 Å². The Hall–Kier alpha value is -1.51. The van der Waals surface area contributed by atoms with Gasteiger partial charge in [0.25, 0.3) is 0 Å². The van der Waals surface area contributed by atoms with Crippen LogP contribution in [0.3, 0.4) is 0 Å². The van der Waals surface area contributed by atoms with Gasteiger partial charge in [-0.1, -0.05) is 29.8 Å². The summed E-state index contributed by atoms with van der Waals surface area (Å²) in [5.41, 5.74) is 2.31. The summed E-state index contributed by atoms with van der Waals surface area (Å²) in [6.07, 6.45) is 0. The molecule has 1 heterocycles. The van der Waals surface area contributed by atoms with E-state index in [1.54, 1.807) is 0 Å². The van der Waals surface area contributed by atoms with Crippen molar-refractivity contribution in [2.45, 2.75) is 19.9 Å². The van der Waals surface area contributed by atoms with Gasteiger partial charge in [0.2, 0.25) is 0 Å². The van der Waals surface area contributed by atoms with Crippen LogP contribution in [0.5, 0.6) is 0 Å². The molecule has 1 N–H and O–H groups in total. The van der Waals surface area contributed by atoms with Crippen LogP contribution in [0.2, 0.25) is 5.02 Å². The molecule has 0 aliphatic rings. The third-order valence-electron chi connectivity index (χ3n) is 3.43. The minimum absolute atomic E-state index is 0.285. The third-order valence-corrected chi connectivity index (χ3v) is 4.97. The molecule has 3 aromatic rings. The van der Waals surface area contributed by atoms with Crippen LogP contribution in [0.4, 0.5) is 5.69 Å². The summed E-state index contributed by atoms with van der Waals surface area (Å²) in [7, 11) is 0. The molecule has 0 spiro atoms. The van der Waals surface area contributed by atoms with Gasteiger partial charge in [0.05, 0.1) is 6.04 Å². The SMILES string of the molecule is Cc1cc(Cl)ccc1NC(C)c1cc2ccccc2s1. The van der Waals surface area contributed by atoms with E-state index in [4.69, 9.17) is 11.6 Å². The fraction of sp³-hybridized carbons (Fsp3) is 0.176. The number of thiophene rings is 1. The number of anilines is 1. The van der Waals surface area contributed by atoms with Gasteiger partial charge in [-0.25, -0.2) is 0 Å². The predicted molar refractivity (Wildman–Crippen MR) is 90.1 cm³/mol. The van der Waals surface area contributed by atoms with E-state index in [9.17, 15) is 0 Å². The molecule has 102 valence electrons. The molecule has 0 saturated heterocycles. The van der Waals surface area contributed by atoms with Crippen molar-refractivity contribution >= 4 is 38.7 Å². The second kappa shape index (κ2) is 5.47. The van der Waals surface area contributed by atoms with Crippen molar-refractivity contribution in [2.75, 3.05) is 5.32 Å². The molecule has 1 nitrogen and oxygen atoms in total. The quantitative estimate of drug-likeness (QED) is 0.622. The highest BCUT2D eigenvalue weighted by molar-refractivity contribution is 7.19. The van der Waals surface area contributed by atoms with E-state index in [0.717, 1.165) is 10.7 Å². The highest BCUT2D eigenvalue weighted by Crippen LogP contribution is 2.32. The molecule has 0 aliphatic carbocycles. The van der Waals surface area contributed by atoms with Gasteiger partial charge in [0.1, 0.15) is 0 Å². The zero-order chi connectivity index (χ0) is 14.1. The Labute approximate surface area is 128 Å². The standard InChI is InChI=1S/C17H16ClNS/c1-11-9-14(18)7-8-15(11)19-12(2)17-10-13-5-3-4-6-16(13)20-17/h3-10,12,19H,1-2H3. The number of benzene rings is 2. The summed E-state index contributed by atoms with van der Waals surface area (Å²) in [4.78, 5) is 1.35. The highest BCUT2D eigenvalue weighted by Gasteiger charge is 2.10. The van der Waals surface area contributed by atoms with Gasteiger partial charge >= 0.3 is 0 Å². The second-order valence-corrected chi connectivity index (χ2v) is 6.56. The van der Waals surface area contributed by atoms with Crippen LogP contribution in [0.25, 0.3) is 10.1 Å². The Morgan fingerprint density at radius 1 is 1.10 bits per heavy atom. The molecule has 3 rings (SSSR count). The van der Waals surface area contributed by atoms with Crippen LogP contribution in [-0.4, -0.2) is 0 Å². The first-order valence-corrected chi connectivity index (χ1v) is 7.84. The Kier molecular flexibility index (Phi) is 3.68. The lowest BCUT2D eigenvalue weighted by molar-refractivity contribution is 0.906. The normalized spacial score (nSPS) is 12.6. The van der Waals surface area contributed by atoms with Crippen molar-refractivity contribution in [1.29, 1.82) is 0 Å². The molecular formula is C17H16ClNS. The van der Waals surface area contributed by atoms with E-state index in [0.29, 0.717) is 0 Å². The van der Waals surface area contributed by atoms with Crippen LogP contribution in [-0.2, 0) is 0 Å². The largest absolute Gasteiger partial charge is 0.377 e. The van der Waals surface area contributed by atoms with Crippen molar-refractivity contribution in [1.82, 2.24) is 0 Å². The van der Waals surface area contributed by atoms with Crippen molar-refractivity contribution < 1.29 is 0 Å². The first-order valence-electron chi connectivity index (χ1n) is 6.64. The van der Waals surface area contributed by atoms with Crippen molar-refractivity contribution in [3.05, 3.63) is 64.0 Å². The van der Waals surface area contributed by atoms with Gasteiger partial charge in [0, 0.05) is 20.3 Å². The summed E-state index contributed by atoms with van der Waals surface area (Å²) in [6, 6.07) is 17.0. The zero-order valence-corrected chi connectivity index (χ0v) is 13.1. The Balaban J connectivity index is 1.86. The van der Waals surface area contributed by atoms with E-state index < -0.39 is 0 Å². The number of hydrogen-bond donors (Lipinski definition) is 1. The molecule has 1 atom stereocenters. The third kappa shape index (κ3) is 2.67. The summed E-state index contributed by atoms with van der Waals surface area (Å²) in [5, 5.41) is 5.66. The lowest BCUT2D eigenvalue weighted by atomic mass is 10.1. The predicted octanol–water partition coefficient (Wildman–Crippen LogP) is 6.04. The minimum Gasteiger partial charge on any atom is -0.377 e. The van der Waals surface area contributed by atoms with Crippen molar-refractivity contribution in [2.24, 2.45) is 0 Å². The van der Waals surface area contributed by atoms with E-state index in [1.165, 1.54) is 20.5 Å². The molecule has 0 fully saturated rings. The zero-order valence-electron chi connectivity index (χ0n) is 11.5. The minimum atomic E-state index is 0.285. The van der Waals surface area contributed by atoms with Crippen LogP contribution < -0.4 is 5.32 Å². The number of aryl methyl sites for hydroxylation is 1.